The van der Waals surface area contributed by atoms with Gasteiger partial charge in [0.2, 0.25) is 5.95 Å². The summed E-state index contributed by atoms with van der Waals surface area (Å²) in [5, 5.41) is 13.1. The molecule has 0 radical (unpaired) electrons. The van der Waals surface area contributed by atoms with Crippen molar-refractivity contribution in [1.29, 1.82) is 0 Å². The molecule has 154 valence electrons. The number of ether oxygens (including phenoxy) is 1. The normalized spacial score (nSPS) is 10.4. The molecule has 10 heteroatoms. The maximum absolute atomic E-state index is 11.1. The largest absolute Gasteiger partial charge is 0.488 e. The number of carboxylic acids is 1. The van der Waals surface area contributed by atoms with Crippen LogP contribution in [0.5, 0.6) is 5.75 Å². The first kappa shape index (κ1) is 22.0. The summed E-state index contributed by atoms with van der Waals surface area (Å²) >= 11 is 0. The highest BCUT2D eigenvalue weighted by molar-refractivity contribution is 5.89. The van der Waals surface area contributed by atoms with Crippen molar-refractivity contribution in [3.63, 3.8) is 0 Å². The minimum atomic E-state index is -0.986. The number of carboxylic acid groups (broad SMARTS) is 1. The van der Waals surface area contributed by atoms with Crippen molar-refractivity contribution < 1.29 is 19.2 Å². The predicted octanol–water partition coefficient (Wildman–Crippen LogP) is 2.99. The molecule has 0 unspecified atom stereocenters. The Morgan fingerprint density at radius 3 is 2.76 bits per heavy atom. The molecular formula is C19H22ClN5O4. The molecule has 0 spiro atoms. The predicted molar refractivity (Wildman–Crippen MR) is 110 cm³/mol. The van der Waals surface area contributed by atoms with Gasteiger partial charge >= 0.3 is 5.97 Å². The number of benzene rings is 1. The molecule has 2 heterocycles. The molecule has 29 heavy (non-hydrogen) atoms. The van der Waals surface area contributed by atoms with E-state index in [0.717, 1.165) is 0 Å². The molecule has 0 fully saturated rings. The Labute approximate surface area is 173 Å². The number of halogens is 1. The Morgan fingerprint density at radius 2 is 2.03 bits per heavy atom. The molecule has 9 nitrogen and oxygen atoms in total. The number of hydrogen-bond donors (Lipinski definition) is 3. The molecule has 0 aliphatic rings. The number of nitrogens with zero attached hydrogens (tertiary/aromatic N) is 3. The van der Waals surface area contributed by atoms with Gasteiger partial charge in [-0.2, -0.15) is 4.98 Å². The van der Waals surface area contributed by atoms with Gasteiger partial charge in [-0.15, -0.1) is 12.4 Å². The van der Waals surface area contributed by atoms with E-state index in [0.29, 0.717) is 54.3 Å². The SMILES string of the molecule is CCc1nc(N)nc(N)c1OCCCc1cc(-c2cccc(C(=O)O)c2)no1.Cl. The molecular weight excluding hydrogens is 398 g/mol. The van der Waals surface area contributed by atoms with E-state index >= 15 is 0 Å². The number of nitrogen functional groups attached to an aromatic ring is 2. The Morgan fingerprint density at radius 1 is 1.24 bits per heavy atom. The smallest absolute Gasteiger partial charge is 0.335 e. The first-order valence-electron chi connectivity index (χ1n) is 8.82. The number of aromatic carboxylic acids is 1. The average molecular weight is 420 g/mol. The van der Waals surface area contributed by atoms with E-state index in [4.69, 9.17) is 25.8 Å². The van der Waals surface area contributed by atoms with E-state index in [9.17, 15) is 4.79 Å². The van der Waals surface area contributed by atoms with Crippen LogP contribution in [-0.2, 0) is 12.8 Å². The van der Waals surface area contributed by atoms with Crippen molar-refractivity contribution in [3.05, 3.63) is 47.3 Å². The third-order valence-electron chi connectivity index (χ3n) is 4.09. The highest BCUT2D eigenvalue weighted by Gasteiger charge is 2.13. The molecule has 0 aliphatic heterocycles. The molecule has 0 atom stereocenters. The van der Waals surface area contributed by atoms with Crippen LogP contribution in [0.4, 0.5) is 11.8 Å². The second-order valence-electron chi connectivity index (χ2n) is 6.11. The van der Waals surface area contributed by atoms with Gasteiger partial charge in [-0.25, -0.2) is 9.78 Å². The highest BCUT2D eigenvalue weighted by Crippen LogP contribution is 2.25. The van der Waals surface area contributed by atoms with Gasteiger partial charge < -0.3 is 25.8 Å². The Bertz CT molecular complexity index is 992. The topological polar surface area (TPSA) is 150 Å². The molecule has 2 aromatic heterocycles. The van der Waals surface area contributed by atoms with Gasteiger partial charge in [0.1, 0.15) is 11.5 Å². The molecule has 0 saturated heterocycles. The minimum Gasteiger partial charge on any atom is -0.488 e. The summed E-state index contributed by atoms with van der Waals surface area (Å²) in [4.78, 5) is 19.1. The first-order chi connectivity index (χ1) is 13.5. The fraction of sp³-hybridized carbons (Fsp3) is 0.263. The van der Waals surface area contributed by atoms with Gasteiger partial charge in [-0.05, 0) is 25.0 Å². The number of aryl methyl sites for hydroxylation is 2. The van der Waals surface area contributed by atoms with Crippen LogP contribution in [0.15, 0.2) is 34.9 Å². The first-order valence-corrected chi connectivity index (χ1v) is 8.82. The molecule has 0 aliphatic carbocycles. The molecule has 1 aromatic carbocycles. The van der Waals surface area contributed by atoms with Crippen LogP contribution in [0, 0.1) is 0 Å². The summed E-state index contributed by atoms with van der Waals surface area (Å²) in [6.07, 6.45) is 1.90. The maximum atomic E-state index is 11.1. The van der Waals surface area contributed by atoms with Gasteiger partial charge in [-0.3, -0.25) is 0 Å². The standard InChI is InChI=1S/C19H21N5O4.ClH/c1-2-14-16(17(20)23-19(21)22-14)27-8-4-7-13-10-15(24-28-13)11-5-3-6-12(9-11)18(25)26;/h3,5-6,9-10H,2,4,7-8H2,1H3,(H,25,26)(H4,20,21,22,23);1H. The van der Waals surface area contributed by atoms with Crippen LogP contribution in [0.25, 0.3) is 11.3 Å². The third kappa shape index (κ3) is 5.35. The lowest BCUT2D eigenvalue weighted by Gasteiger charge is -2.11. The monoisotopic (exact) mass is 419 g/mol. The van der Waals surface area contributed by atoms with Crippen molar-refractivity contribution in [3.8, 4) is 17.0 Å². The van der Waals surface area contributed by atoms with Gasteiger partial charge in [0.05, 0.1) is 17.9 Å². The molecule has 0 saturated carbocycles. The van der Waals surface area contributed by atoms with Crippen molar-refractivity contribution >= 4 is 30.1 Å². The van der Waals surface area contributed by atoms with E-state index in [1.54, 1.807) is 24.3 Å². The van der Waals surface area contributed by atoms with Crippen LogP contribution in [-0.4, -0.2) is 32.8 Å². The minimum absolute atomic E-state index is 0. The fourth-order valence-corrected chi connectivity index (χ4v) is 2.73. The van der Waals surface area contributed by atoms with Crippen molar-refractivity contribution in [2.24, 2.45) is 0 Å². The van der Waals surface area contributed by atoms with Crippen LogP contribution in [0.1, 0.15) is 35.2 Å². The second kappa shape index (κ2) is 9.74. The van der Waals surface area contributed by atoms with Crippen LogP contribution in [0.3, 0.4) is 0 Å². The zero-order chi connectivity index (χ0) is 20.1. The van der Waals surface area contributed by atoms with Crippen LogP contribution >= 0.6 is 12.4 Å². The van der Waals surface area contributed by atoms with E-state index in [1.165, 1.54) is 6.07 Å². The lowest BCUT2D eigenvalue weighted by Crippen LogP contribution is -2.09. The summed E-state index contributed by atoms with van der Waals surface area (Å²) in [5.74, 6) is 0.504. The zero-order valence-electron chi connectivity index (χ0n) is 15.8. The number of anilines is 2. The Hall–Kier alpha value is -3.33. The Balaban J connectivity index is 0.00000300. The number of nitrogens with two attached hydrogens (primary N) is 2. The second-order valence-corrected chi connectivity index (χ2v) is 6.11. The van der Waals surface area contributed by atoms with Gasteiger partial charge in [0.15, 0.2) is 11.6 Å². The molecule has 0 bridgehead atoms. The summed E-state index contributed by atoms with van der Waals surface area (Å²) < 4.78 is 11.1. The lowest BCUT2D eigenvalue weighted by atomic mass is 10.1. The van der Waals surface area contributed by atoms with Crippen LogP contribution in [0.2, 0.25) is 0 Å². The van der Waals surface area contributed by atoms with Crippen molar-refractivity contribution in [2.45, 2.75) is 26.2 Å². The number of hydrogen-bond acceptors (Lipinski definition) is 8. The molecule has 5 N–H and O–H groups in total. The lowest BCUT2D eigenvalue weighted by molar-refractivity contribution is 0.0697. The molecule has 0 amide bonds. The van der Waals surface area contributed by atoms with Gasteiger partial charge in [0.25, 0.3) is 0 Å². The van der Waals surface area contributed by atoms with E-state index < -0.39 is 5.97 Å². The van der Waals surface area contributed by atoms with E-state index in [1.807, 2.05) is 6.92 Å². The number of carbonyl (C=O) groups is 1. The highest BCUT2D eigenvalue weighted by atomic mass is 35.5. The van der Waals surface area contributed by atoms with Gasteiger partial charge in [0, 0.05) is 18.1 Å². The van der Waals surface area contributed by atoms with E-state index in [-0.39, 0.29) is 29.7 Å². The summed E-state index contributed by atoms with van der Waals surface area (Å²) in [6.45, 7) is 2.33. The number of aromatic nitrogens is 3. The Kier molecular flexibility index (Phi) is 7.38. The van der Waals surface area contributed by atoms with Crippen molar-refractivity contribution in [2.75, 3.05) is 18.1 Å². The third-order valence-corrected chi connectivity index (χ3v) is 4.09. The van der Waals surface area contributed by atoms with E-state index in [2.05, 4.69) is 15.1 Å². The van der Waals surface area contributed by atoms with Gasteiger partial charge in [-0.1, -0.05) is 24.2 Å². The van der Waals surface area contributed by atoms with Crippen LogP contribution < -0.4 is 16.2 Å². The van der Waals surface area contributed by atoms with Crippen molar-refractivity contribution in [1.82, 2.24) is 15.1 Å². The summed E-state index contributed by atoms with van der Waals surface area (Å²) in [6, 6.07) is 8.34. The maximum Gasteiger partial charge on any atom is 0.335 e. The fourth-order valence-electron chi connectivity index (χ4n) is 2.73. The molecule has 3 rings (SSSR count). The zero-order valence-corrected chi connectivity index (χ0v) is 16.6. The summed E-state index contributed by atoms with van der Waals surface area (Å²) in [7, 11) is 0. The summed E-state index contributed by atoms with van der Waals surface area (Å²) in [5.41, 5.74) is 13.6. The number of rotatable bonds is 8. The average Bonchev–Trinajstić information content (AvgIpc) is 3.15. The quantitative estimate of drug-likeness (QED) is 0.468. The molecule has 3 aromatic rings.